The SMILES string of the molecule is Cc1nc2c(c(N3CCN(C(=O)c4cccnc4)CC3)n1)CN(Cc1ccccc1)CC2. The number of carbonyl (C=O) groups is 1. The van der Waals surface area contributed by atoms with Gasteiger partial charge in [-0.1, -0.05) is 30.3 Å². The first-order chi connectivity index (χ1) is 15.7. The molecule has 2 aromatic heterocycles. The van der Waals surface area contributed by atoms with E-state index < -0.39 is 0 Å². The number of carbonyl (C=O) groups excluding carboxylic acids is 1. The largest absolute Gasteiger partial charge is 0.353 e. The number of piperazine rings is 1. The number of pyridine rings is 1. The number of aryl methyl sites for hydroxylation is 1. The Morgan fingerprint density at radius 3 is 2.53 bits per heavy atom. The molecule has 0 bridgehead atoms. The van der Waals surface area contributed by atoms with Crippen LogP contribution in [0.2, 0.25) is 0 Å². The fourth-order valence-corrected chi connectivity index (χ4v) is 4.60. The zero-order valence-corrected chi connectivity index (χ0v) is 18.4. The summed E-state index contributed by atoms with van der Waals surface area (Å²) in [7, 11) is 0. The summed E-state index contributed by atoms with van der Waals surface area (Å²) < 4.78 is 0. The van der Waals surface area contributed by atoms with Crippen LogP contribution >= 0.6 is 0 Å². The van der Waals surface area contributed by atoms with Crippen LogP contribution in [-0.2, 0) is 19.5 Å². The van der Waals surface area contributed by atoms with Crippen LogP contribution in [0.3, 0.4) is 0 Å². The molecule has 0 unspecified atom stereocenters. The van der Waals surface area contributed by atoms with Crippen LogP contribution in [0.15, 0.2) is 54.9 Å². The number of rotatable bonds is 4. The zero-order chi connectivity index (χ0) is 21.9. The van der Waals surface area contributed by atoms with Gasteiger partial charge in [-0.15, -0.1) is 0 Å². The van der Waals surface area contributed by atoms with E-state index in [9.17, 15) is 4.79 Å². The Labute approximate surface area is 188 Å². The topological polar surface area (TPSA) is 65.5 Å². The number of benzene rings is 1. The van der Waals surface area contributed by atoms with Crippen molar-refractivity contribution in [1.29, 1.82) is 0 Å². The summed E-state index contributed by atoms with van der Waals surface area (Å²) >= 11 is 0. The number of aromatic nitrogens is 3. The van der Waals surface area contributed by atoms with Crippen molar-refractivity contribution in [3.8, 4) is 0 Å². The molecule has 0 N–H and O–H groups in total. The minimum atomic E-state index is 0.0488. The van der Waals surface area contributed by atoms with Crippen LogP contribution in [0.4, 0.5) is 5.82 Å². The number of hydrogen-bond donors (Lipinski definition) is 0. The van der Waals surface area contributed by atoms with Gasteiger partial charge < -0.3 is 9.80 Å². The fourth-order valence-electron chi connectivity index (χ4n) is 4.60. The second-order valence-electron chi connectivity index (χ2n) is 8.49. The van der Waals surface area contributed by atoms with Crippen molar-refractivity contribution in [2.45, 2.75) is 26.4 Å². The Kier molecular flexibility index (Phi) is 5.81. The molecule has 164 valence electrons. The van der Waals surface area contributed by atoms with Gasteiger partial charge in [0.05, 0.1) is 11.3 Å². The van der Waals surface area contributed by atoms with Gasteiger partial charge in [0.15, 0.2) is 0 Å². The first kappa shape index (κ1) is 20.6. The second kappa shape index (κ2) is 9.04. The molecular weight excluding hydrogens is 400 g/mol. The maximum absolute atomic E-state index is 12.8. The lowest BCUT2D eigenvalue weighted by molar-refractivity contribution is 0.0746. The lowest BCUT2D eigenvalue weighted by Crippen LogP contribution is -2.49. The predicted molar refractivity (Wildman–Crippen MR) is 123 cm³/mol. The number of amides is 1. The monoisotopic (exact) mass is 428 g/mol. The lowest BCUT2D eigenvalue weighted by Gasteiger charge is -2.38. The molecule has 2 aliphatic heterocycles. The van der Waals surface area contributed by atoms with E-state index in [2.05, 4.69) is 45.1 Å². The molecule has 32 heavy (non-hydrogen) atoms. The van der Waals surface area contributed by atoms with Crippen molar-refractivity contribution < 1.29 is 4.79 Å². The molecule has 0 atom stereocenters. The summed E-state index contributed by atoms with van der Waals surface area (Å²) in [5.41, 5.74) is 4.39. The average Bonchev–Trinajstić information content (AvgIpc) is 2.84. The Morgan fingerprint density at radius 1 is 0.969 bits per heavy atom. The van der Waals surface area contributed by atoms with Crippen LogP contribution in [0.25, 0.3) is 0 Å². The van der Waals surface area contributed by atoms with Crippen LogP contribution < -0.4 is 4.90 Å². The number of nitrogens with zero attached hydrogens (tertiary/aromatic N) is 6. The fraction of sp³-hybridized carbons (Fsp3) is 0.360. The van der Waals surface area contributed by atoms with Gasteiger partial charge >= 0.3 is 0 Å². The Balaban J connectivity index is 1.31. The van der Waals surface area contributed by atoms with Crippen molar-refractivity contribution in [3.05, 3.63) is 83.1 Å². The number of hydrogen-bond acceptors (Lipinski definition) is 6. The van der Waals surface area contributed by atoms with Crippen molar-refractivity contribution >= 4 is 11.7 Å². The van der Waals surface area contributed by atoms with Crippen molar-refractivity contribution in [1.82, 2.24) is 24.8 Å². The molecule has 5 rings (SSSR count). The van der Waals surface area contributed by atoms with Gasteiger partial charge in [-0.05, 0) is 24.6 Å². The summed E-state index contributed by atoms with van der Waals surface area (Å²) in [6.45, 7) is 7.67. The summed E-state index contributed by atoms with van der Waals surface area (Å²) in [6, 6.07) is 14.2. The molecule has 0 aliphatic carbocycles. The Morgan fingerprint density at radius 2 is 1.78 bits per heavy atom. The highest BCUT2D eigenvalue weighted by Crippen LogP contribution is 2.28. The van der Waals surface area contributed by atoms with Gasteiger partial charge in [0.2, 0.25) is 0 Å². The van der Waals surface area contributed by atoms with E-state index in [-0.39, 0.29) is 5.91 Å². The van der Waals surface area contributed by atoms with Crippen molar-refractivity contribution in [3.63, 3.8) is 0 Å². The molecule has 0 saturated carbocycles. The van der Waals surface area contributed by atoms with E-state index in [1.165, 1.54) is 16.8 Å². The summed E-state index contributed by atoms with van der Waals surface area (Å²) in [6.07, 6.45) is 4.27. The Bertz CT molecular complexity index is 1080. The van der Waals surface area contributed by atoms with Gasteiger partial charge in [-0.25, -0.2) is 9.97 Å². The first-order valence-electron chi connectivity index (χ1n) is 11.2. The highest BCUT2D eigenvalue weighted by molar-refractivity contribution is 5.94. The predicted octanol–water partition coefficient (Wildman–Crippen LogP) is 2.70. The third kappa shape index (κ3) is 4.34. The van der Waals surface area contributed by atoms with Gasteiger partial charge in [-0.2, -0.15) is 0 Å². The number of fused-ring (bicyclic) bond motifs is 1. The van der Waals surface area contributed by atoms with Crippen molar-refractivity contribution in [2.75, 3.05) is 37.6 Å². The summed E-state index contributed by atoms with van der Waals surface area (Å²) in [5, 5.41) is 0. The van der Waals surface area contributed by atoms with Crippen LogP contribution in [-0.4, -0.2) is 63.4 Å². The van der Waals surface area contributed by atoms with E-state index in [4.69, 9.17) is 9.97 Å². The average molecular weight is 429 g/mol. The quantitative estimate of drug-likeness (QED) is 0.637. The van der Waals surface area contributed by atoms with Crippen molar-refractivity contribution in [2.24, 2.45) is 0 Å². The molecule has 1 saturated heterocycles. The molecule has 0 radical (unpaired) electrons. The molecule has 3 aromatic rings. The third-order valence-electron chi connectivity index (χ3n) is 6.25. The molecule has 1 amide bonds. The van der Waals surface area contributed by atoms with Crippen LogP contribution in [0.5, 0.6) is 0 Å². The van der Waals surface area contributed by atoms with E-state index in [1.807, 2.05) is 17.9 Å². The highest BCUT2D eigenvalue weighted by atomic mass is 16.2. The van der Waals surface area contributed by atoms with E-state index in [0.717, 1.165) is 50.8 Å². The van der Waals surface area contributed by atoms with E-state index >= 15 is 0 Å². The lowest BCUT2D eigenvalue weighted by atomic mass is 10.0. The molecule has 0 spiro atoms. The van der Waals surface area contributed by atoms with Gasteiger partial charge in [-0.3, -0.25) is 14.7 Å². The van der Waals surface area contributed by atoms with Crippen LogP contribution in [0.1, 0.15) is 33.0 Å². The maximum Gasteiger partial charge on any atom is 0.255 e. The highest BCUT2D eigenvalue weighted by Gasteiger charge is 2.28. The maximum atomic E-state index is 12.8. The van der Waals surface area contributed by atoms with Gasteiger partial charge in [0.25, 0.3) is 5.91 Å². The van der Waals surface area contributed by atoms with E-state index in [1.54, 1.807) is 18.5 Å². The zero-order valence-electron chi connectivity index (χ0n) is 18.4. The van der Waals surface area contributed by atoms with Crippen LogP contribution in [0, 0.1) is 6.92 Å². The molecule has 7 nitrogen and oxygen atoms in total. The minimum Gasteiger partial charge on any atom is -0.353 e. The summed E-state index contributed by atoms with van der Waals surface area (Å²) in [4.78, 5) is 33.2. The first-order valence-corrected chi connectivity index (χ1v) is 11.2. The molecule has 1 aromatic carbocycles. The molecule has 2 aliphatic rings. The van der Waals surface area contributed by atoms with Gasteiger partial charge in [0, 0.05) is 70.2 Å². The minimum absolute atomic E-state index is 0.0488. The summed E-state index contributed by atoms with van der Waals surface area (Å²) in [5.74, 6) is 1.91. The standard InChI is InChI=1S/C25H28N6O/c1-19-27-23-9-11-29(17-20-6-3-2-4-7-20)18-22(23)24(28-19)30-12-14-31(15-13-30)25(32)21-8-5-10-26-16-21/h2-8,10,16H,9,11-15,17-18H2,1H3. The third-order valence-corrected chi connectivity index (χ3v) is 6.25. The number of anilines is 1. The van der Waals surface area contributed by atoms with E-state index in [0.29, 0.717) is 18.7 Å². The second-order valence-corrected chi connectivity index (χ2v) is 8.49. The molecule has 1 fully saturated rings. The molecule has 7 heteroatoms. The Hall–Kier alpha value is -3.32. The smallest absolute Gasteiger partial charge is 0.255 e. The van der Waals surface area contributed by atoms with Gasteiger partial charge in [0.1, 0.15) is 11.6 Å². The molecular formula is C25H28N6O. The molecule has 4 heterocycles. The normalized spacial score (nSPS) is 16.7.